The van der Waals surface area contributed by atoms with Crippen LogP contribution in [0.5, 0.6) is 0 Å². The highest BCUT2D eigenvalue weighted by molar-refractivity contribution is 6.35. The molecule has 0 bridgehead atoms. The standard InChI is InChI=1S/C50H38N2/c1-49(2)37-19-5-9-23-43(37)51(44-24-10-6-20-38(44)49)41-29-27-33-34-28-30-42(36-18-14-16-32(48(34)36)31-15-13-17-35(41)47(31)33)52-45-25-11-7-21-39(45)50(3,4)40-22-8-12-26-46(40)52/h5-30H,1-4H3. The van der Waals surface area contributed by atoms with Crippen molar-refractivity contribution in [2.24, 2.45) is 0 Å². The first-order chi connectivity index (χ1) is 25.4. The average Bonchev–Trinajstić information content (AvgIpc) is 3.18. The van der Waals surface area contributed by atoms with E-state index >= 15 is 0 Å². The smallest absolute Gasteiger partial charge is 0.0540 e. The molecule has 2 aliphatic rings. The van der Waals surface area contributed by atoms with E-state index in [2.05, 4.69) is 195 Å². The second-order valence-corrected chi connectivity index (χ2v) is 15.7. The van der Waals surface area contributed by atoms with Crippen molar-refractivity contribution in [1.82, 2.24) is 0 Å². The summed E-state index contributed by atoms with van der Waals surface area (Å²) in [5.41, 5.74) is 12.6. The van der Waals surface area contributed by atoms with Crippen LogP contribution in [0.4, 0.5) is 34.1 Å². The summed E-state index contributed by atoms with van der Waals surface area (Å²) in [7, 11) is 0. The van der Waals surface area contributed by atoms with Gasteiger partial charge in [-0.1, -0.05) is 149 Å². The minimum Gasteiger partial charge on any atom is -0.309 e. The third kappa shape index (κ3) is 3.69. The fraction of sp³-hybridized carbons (Fsp3) is 0.120. The predicted octanol–water partition coefficient (Wildman–Crippen LogP) is 14.0. The Hall–Kier alpha value is -6.12. The maximum absolute atomic E-state index is 2.50. The van der Waals surface area contributed by atoms with Crippen LogP contribution in [-0.4, -0.2) is 0 Å². The third-order valence-electron chi connectivity index (χ3n) is 12.4. The molecule has 0 N–H and O–H groups in total. The van der Waals surface area contributed by atoms with Crippen LogP contribution in [0.1, 0.15) is 49.9 Å². The van der Waals surface area contributed by atoms with E-state index in [1.165, 1.54) is 99.5 Å². The zero-order chi connectivity index (χ0) is 34.9. The lowest BCUT2D eigenvalue weighted by Gasteiger charge is -2.42. The summed E-state index contributed by atoms with van der Waals surface area (Å²) in [5, 5.41) is 10.4. The van der Waals surface area contributed by atoms with E-state index in [1.54, 1.807) is 0 Å². The normalized spacial score (nSPS) is 15.5. The Kier molecular flexibility index (Phi) is 5.83. The van der Waals surface area contributed by atoms with Crippen LogP contribution in [0.2, 0.25) is 0 Å². The van der Waals surface area contributed by atoms with Crippen molar-refractivity contribution in [3.63, 3.8) is 0 Å². The summed E-state index contributed by atoms with van der Waals surface area (Å²) >= 11 is 0. The van der Waals surface area contributed by atoms with Gasteiger partial charge in [0.2, 0.25) is 0 Å². The second-order valence-electron chi connectivity index (χ2n) is 15.7. The Labute approximate surface area is 304 Å². The Morgan fingerprint density at radius 3 is 0.904 bits per heavy atom. The minimum atomic E-state index is -0.104. The van der Waals surface area contributed by atoms with E-state index in [9.17, 15) is 0 Å². The highest BCUT2D eigenvalue weighted by atomic mass is 15.2. The van der Waals surface area contributed by atoms with Crippen molar-refractivity contribution in [2.45, 2.75) is 38.5 Å². The summed E-state index contributed by atoms with van der Waals surface area (Å²) in [4.78, 5) is 5.01. The number of nitrogens with zero attached hydrogens (tertiary/aromatic N) is 2. The van der Waals surface area contributed by atoms with Gasteiger partial charge in [-0.05, 0) is 91.0 Å². The molecule has 52 heavy (non-hydrogen) atoms. The van der Waals surface area contributed by atoms with Crippen molar-refractivity contribution in [1.29, 1.82) is 0 Å². The monoisotopic (exact) mass is 666 g/mol. The fourth-order valence-corrected chi connectivity index (χ4v) is 9.93. The molecule has 0 saturated carbocycles. The van der Waals surface area contributed by atoms with Crippen molar-refractivity contribution in [3.05, 3.63) is 180 Å². The number of benzene rings is 9. The van der Waals surface area contributed by atoms with Gasteiger partial charge in [0.05, 0.1) is 34.1 Å². The molecular formula is C50H38N2. The zero-order valence-corrected chi connectivity index (χ0v) is 29.9. The van der Waals surface area contributed by atoms with Gasteiger partial charge in [0.1, 0.15) is 0 Å². The molecule has 0 fully saturated rings. The van der Waals surface area contributed by atoms with Gasteiger partial charge in [0, 0.05) is 21.6 Å². The SMILES string of the molecule is CC1(C)c2ccccc2N(c2ccc3c4ccc(N5c6ccccc6C(C)(C)c6ccccc65)c5cccc(c6cccc2c63)c54)c2ccccc21. The van der Waals surface area contributed by atoms with Crippen molar-refractivity contribution >= 4 is 77.2 Å². The molecule has 0 atom stereocenters. The lowest BCUT2D eigenvalue weighted by atomic mass is 9.73. The van der Waals surface area contributed by atoms with Crippen LogP contribution >= 0.6 is 0 Å². The zero-order valence-electron chi connectivity index (χ0n) is 29.9. The molecule has 9 aromatic carbocycles. The van der Waals surface area contributed by atoms with Gasteiger partial charge in [0.25, 0.3) is 0 Å². The van der Waals surface area contributed by atoms with Gasteiger partial charge in [-0.3, -0.25) is 0 Å². The first kappa shape index (κ1) is 29.6. The molecular weight excluding hydrogens is 629 g/mol. The van der Waals surface area contributed by atoms with Crippen LogP contribution in [0, 0.1) is 0 Å². The highest BCUT2D eigenvalue weighted by Crippen LogP contribution is 2.56. The summed E-state index contributed by atoms with van der Waals surface area (Å²) in [6.07, 6.45) is 0. The molecule has 9 aromatic rings. The van der Waals surface area contributed by atoms with Gasteiger partial charge in [-0.25, -0.2) is 0 Å². The van der Waals surface area contributed by atoms with Crippen LogP contribution in [0.25, 0.3) is 43.1 Å². The molecule has 11 rings (SSSR count). The molecule has 0 spiro atoms. The molecule has 248 valence electrons. The van der Waals surface area contributed by atoms with Gasteiger partial charge in [-0.2, -0.15) is 0 Å². The minimum absolute atomic E-state index is 0.104. The van der Waals surface area contributed by atoms with Gasteiger partial charge in [-0.15, -0.1) is 0 Å². The quantitative estimate of drug-likeness (QED) is 0.134. The average molecular weight is 667 g/mol. The third-order valence-corrected chi connectivity index (χ3v) is 12.4. The molecule has 0 saturated heterocycles. The van der Waals surface area contributed by atoms with E-state index in [1.807, 2.05) is 0 Å². The fourth-order valence-electron chi connectivity index (χ4n) is 9.93. The molecule has 2 heteroatoms. The summed E-state index contributed by atoms with van der Waals surface area (Å²) in [6.45, 7) is 9.42. The number of para-hydroxylation sites is 4. The van der Waals surface area contributed by atoms with Crippen molar-refractivity contribution in [2.75, 3.05) is 9.80 Å². The first-order valence-corrected chi connectivity index (χ1v) is 18.5. The molecule has 2 aliphatic heterocycles. The maximum atomic E-state index is 2.50. The molecule has 2 heterocycles. The predicted molar refractivity (Wildman–Crippen MR) is 221 cm³/mol. The molecule has 0 aliphatic carbocycles. The van der Waals surface area contributed by atoms with E-state index in [0.29, 0.717) is 0 Å². The lowest BCUT2D eigenvalue weighted by Crippen LogP contribution is -2.30. The van der Waals surface area contributed by atoms with E-state index in [0.717, 1.165) is 0 Å². The number of fused-ring (bicyclic) bond motifs is 6. The van der Waals surface area contributed by atoms with E-state index in [-0.39, 0.29) is 10.8 Å². The van der Waals surface area contributed by atoms with E-state index in [4.69, 9.17) is 0 Å². The van der Waals surface area contributed by atoms with Gasteiger partial charge in [0.15, 0.2) is 0 Å². The van der Waals surface area contributed by atoms with Gasteiger partial charge < -0.3 is 9.80 Å². The second kappa shape index (κ2) is 10.2. The summed E-state index contributed by atoms with van der Waals surface area (Å²) in [6, 6.07) is 59.1. The topological polar surface area (TPSA) is 6.48 Å². The van der Waals surface area contributed by atoms with Crippen LogP contribution in [-0.2, 0) is 10.8 Å². The number of anilines is 6. The summed E-state index contributed by atoms with van der Waals surface area (Å²) in [5.74, 6) is 0. The Balaban J connectivity index is 1.19. The number of hydrogen-bond donors (Lipinski definition) is 0. The van der Waals surface area contributed by atoms with Crippen molar-refractivity contribution in [3.8, 4) is 0 Å². The molecule has 0 aromatic heterocycles. The first-order valence-electron chi connectivity index (χ1n) is 18.5. The number of hydrogen-bond acceptors (Lipinski definition) is 2. The largest absolute Gasteiger partial charge is 0.309 e. The molecule has 0 radical (unpaired) electrons. The molecule has 0 amide bonds. The van der Waals surface area contributed by atoms with Gasteiger partial charge >= 0.3 is 0 Å². The molecule has 2 nitrogen and oxygen atoms in total. The van der Waals surface area contributed by atoms with Crippen LogP contribution in [0.3, 0.4) is 0 Å². The Bertz CT molecular complexity index is 2610. The van der Waals surface area contributed by atoms with Crippen molar-refractivity contribution < 1.29 is 0 Å². The highest BCUT2D eigenvalue weighted by Gasteiger charge is 2.38. The van der Waals surface area contributed by atoms with Crippen LogP contribution in [0.15, 0.2) is 158 Å². The maximum Gasteiger partial charge on any atom is 0.0540 e. The lowest BCUT2D eigenvalue weighted by molar-refractivity contribution is 0.632. The number of rotatable bonds is 2. The Morgan fingerprint density at radius 2 is 0.558 bits per heavy atom. The van der Waals surface area contributed by atoms with E-state index < -0.39 is 0 Å². The Morgan fingerprint density at radius 1 is 0.269 bits per heavy atom. The molecule has 0 unspecified atom stereocenters. The van der Waals surface area contributed by atoms with Crippen LogP contribution < -0.4 is 9.80 Å². The summed E-state index contributed by atoms with van der Waals surface area (Å²) < 4.78 is 0.